The molecule has 0 aromatic heterocycles. The van der Waals surface area contributed by atoms with Gasteiger partial charge in [0, 0.05) is 10.2 Å². The molecule has 0 amide bonds. The van der Waals surface area contributed by atoms with Crippen molar-refractivity contribution in [2.45, 2.75) is 31.7 Å². The highest BCUT2D eigenvalue weighted by Crippen LogP contribution is 2.35. The summed E-state index contributed by atoms with van der Waals surface area (Å²) in [6.45, 7) is 0. The third-order valence-electron chi connectivity index (χ3n) is 3.82. The van der Waals surface area contributed by atoms with Crippen molar-refractivity contribution in [1.29, 1.82) is 0 Å². The Labute approximate surface area is 129 Å². The van der Waals surface area contributed by atoms with Crippen LogP contribution >= 0.6 is 27.7 Å². The maximum Gasteiger partial charge on any atom is 0.161 e. The van der Waals surface area contributed by atoms with Gasteiger partial charge in [-0.15, -0.1) is 0 Å². The molecule has 1 aliphatic carbocycles. The van der Waals surface area contributed by atoms with Crippen molar-refractivity contribution < 1.29 is 8.78 Å². The van der Waals surface area contributed by atoms with Crippen LogP contribution in [0, 0.1) is 17.6 Å². The summed E-state index contributed by atoms with van der Waals surface area (Å²) < 4.78 is 28.0. The largest absolute Gasteiger partial charge is 0.330 e. The molecule has 0 bridgehead atoms. The third-order valence-corrected chi connectivity index (χ3v) is 5.36. The first-order valence-corrected chi connectivity index (χ1v) is 8.53. The number of halogens is 3. The number of amidine groups is 1. The van der Waals surface area contributed by atoms with Crippen LogP contribution in [-0.4, -0.2) is 17.0 Å². The fraction of sp³-hybridized carbons (Fsp3) is 0.500. The van der Waals surface area contributed by atoms with Gasteiger partial charge in [0.2, 0.25) is 0 Å². The van der Waals surface area contributed by atoms with Gasteiger partial charge in [-0.2, -0.15) is 0 Å². The highest BCUT2D eigenvalue weighted by molar-refractivity contribution is 9.10. The molecule has 0 saturated heterocycles. The van der Waals surface area contributed by atoms with E-state index >= 15 is 0 Å². The predicted molar refractivity (Wildman–Crippen MR) is 83.3 cm³/mol. The normalized spacial score (nSPS) is 25.9. The molecule has 108 valence electrons. The van der Waals surface area contributed by atoms with E-state index < -0.39 is 11.6 Å². The number of aliphatic imine (C=N–C) groups is 1. The van der Waals surface area contributed by atoms with Gasteiger partial charge in [0.15, 0.2) is 16.8 Å². The van der Waals surface area contributed by atoms with Crippen LogP contribution in [0.5, 0.6) is 0 Å². The highest BCUT2D eigenvalue weighted by atomic mass is 79.9. The average molecular weight is 361 g/mol. The highest BCUT2D eigenvalue weighted by Gasteiger charge is 2.29. The average Bonchev–Trinajstić information content (AvgIpc) is 2.42. The Hall–Kier alpha value is -0.620. The Morgan fingerprint density at radius 1 is 1.20 bits per heavy atom. The number of anilines is 1. The van der Waals surface area contributed by atoms with Crippen LogP contribution in [-0.2, 0) is 0 Å². The molecule has 1 aliphatic heterocycles. The minimum Gasteiger partial charge on any atom is -0.330 e. The molecule has 1 N–H and O–H groups in total. The summed E-state index contributed by atoms with van der Waals surface area (Å²) in [7, 11) is 0. The number of thioether (sulfide) groups is 1. The summed E-state index contributed by atoms with van der Waals surface area (Å²) in [6.07, 6.45) is 4.77. The van der Waals surface area contributed by atoms with E-state index in [2.05, 4.69) is 26.2 Å². The van der Waals surface area contributed by atoms with Crippen molar-refractivity contribution in [2.24, 2.45) is 10.9 Å². The zero-order valence-electron chi connectivity index (χ0n) is 10.8. The van der Waals surface area contributed by atoms with Crippen LogP contribution in [0.4, 0.5) is 14.5 Å². The van der Waals surface area contributed by atoms with Crippen molar-refractivity contribution >= 4 is 38.5 Å². The lowest BCUT2D eigenvalue weighted by Crippen LogP contribution is -2.32. The maximum atomic E-state index is 13.8. The molecule has 2 unspecified atom stereocenters. The zero-order valence-corrected chi connectivity index (χ0v) is 13.2. The summed E-state index contributed by atoms with van der Waals surface area (Å²) in [5.74, 6) is 0.395. The molecule has 2 atom stereocenters. The zero-order chi connectivity index (χ0) is 14.1. The van der Waals surface area contributed by atoms with Gasteiger partial charge >= 0.3 is 0 Å². The Morgan fingerprint density at radius 3 is 2.65 bits per heavy atom. The number of hydrogen-bond donors (Lipinski definition) is 1. The van der Waals surface area contributed by atoms with Crippen molar-refractivity contribution in [1.82, 2.24) is 0 Å². The first-order valence-electron chi connectivity index (χ1n) is 6.75. The number of nitrogens with zero attached hydrogens (tertiary/aromatic N) is 1. The van der Waals surface area contributed by atoms with Crippen LogP contribution in [0.3, 0.4) is 0 Å². The van der Waals surface area contributed by atoms with Crippen molar-refractivity contribution in [3.63, 3.8) is 0 Å². The second kappa shape index (κ2) is 6.02. The molecule has 0 radical (unpaired) electrons. The quantitative estimate of drug-likeness (QED) is 0.777. The fourth-order valence-electron chi connectivity index (χ4n) is 2.76. The number of rotatable bonds is 1. The first-order chi connectivity index (χ1) is 9.63. The summed E-state index contributed by atoms with van der Waals surface area (Å²) >= 11 is 4.63. The molecule has 1 heterocycles. The second-order valence-electron chi connectivity index (χ2n) is 5.23. The summed E-state index contributed by atoms with van der Waals surface area (Å²) in [4.78, 5) is 4.63. The minimum absolute atomic E-state index is 0.117. The molecule has 2 nitrogen and oxygen atoms in total. The summed E-state index contributed by atoms with van der Waals surface area (Å²) in [5, 5.41) is 3.45. The van der Waals surface area contributed by atoms with Crippen LogP contribution in [0.2, 0.25) is 0 Å². The van der Waals surface area contributed by atoms with Gasteiger partial charge in [0.05, 0.1) is 6.04 Å². The summed E-state index contributed by atoms with van der Waals surface area (Å²) in [5.41, 5.74) is -0.117. The molecule has 3 rings (SSSR count). The van der Waals surface area contributed by atoms with E-state index in [-0.39, 0.29) is 5.69 Å². The Morgan fingerprint density at radius 2 is 1.90 bits per heavy atom. The number of hydrogen-bond acceptors (Lipinski definition) is 3. The van der Waals surface area contributed by atoms with Gasteiger partial charge in [-0.25, -0.2) is 8.78 Å². The van der Waals surface area contributed by atoms with E-state index in [0.717, 1.165) is 12.2 Å². The predicted octanol–water partition coefficient (Wildman–Crippen LogP) is 4.80. The Balaban J connectivity index is 1.80. The molecular weight excluding hydrogens is 346 g/mol. The molecule has 1 fully saturated rings. The fourth-order valence-corrected chi connectivity index (χ4v) is 4.31. The Bertz CT molecular complexity index is 527. The molecular formula is C14H15BrF2N2S. The number of benzene rings is 1. The standard InChI is InChI=1S/C14H15BrF2N2S/c15-9-5-10(16)13(11(17)6-9)19-14-18-12-4-2-1-3-8(12)7-20-14/h5-6,8,12H,1-4,7H2,(H,18,19). The monoisotopic (exact) mass is 360 g/mol. The SMILES string of the molecule is Fc1cc(Br)cc(F)c1NC1=NC2CCCCC2CS1. The molecule has 0 spiro atoms. The van der Waals surface area contributed by atoms with E-state index in [4.69, 9.17) is 0 Å². The van der Waals surface area contributed by atoms with Crippen molar-refractivity contribution in [3.05, 3.63) is 28.2 Å². The van der Waals surface area contributed by atoms with Crippen LogP contribution in [0.15, 0.2) is 21.6 Å². The van der Waals surface area contributed by atoms with Crippen molar-refractivity contribution in [2.75, 3.05) is 11.1 Å². The molecule has 20 heavy (non-hydrogen) atoms. The molecule has 2 aliphatic rings. The van der Waals surface area contributed by atoms with Gasteiger partial charge in [0.25, 0.3) is 0 Å². The van der Waals surface area contributed by atoms with Gasteiger partial charge in [-0.1, -0.05) is 40.5 Å². The van der Waals surface area contributed by atoms with Gasteiger partial charge in [-0.05, 0) is 30.9 Å². The van der Waals surface area contributed by atoms with E-state index in [1.54, 1.807) is 11.8 Å². The van der Waals surface area contributed by atoms with Crippen molar-refractivity contribution in [3.8, 4) is 0 Å². The number of fused-ring (bicyclic) bond motifs is 1. The minimum atomic E-state index is -0.606. The smallest absolute Gasteiger partial charge is 0.161 e. The first kappa shape index (κ1) is 14.3. The number of nitrogens with one attached hydrogen (secondary N) is 1. The van der Waals surface area contributed by atoms with E-state index in [1.165, 1.54) is 31.4 Å². The van der Waals surface area contributed by atoms with E-state index in [9.17, 15) is 8.78 Å². The maximum absolute atomic E-state index is 13.8. The Kier molecular flexibility index (Phi) is 4.31. The van der Waals surface area contributed by atoms with Gasteiger partial charge in [0.1, 0.15) is 5.69 Å². The van der Waals surface area contributed by atoms with E-state index in [1.807, 2.05) is 0 Å². The molecule has 1 aromatic rings. The topological polar surface area (TPSA) is 24.4 Å². The lowest BCUT2D eigenvalue weighted by atomic mass is 9.86. The third kappa shape index (κ3) is 3.01. The lowest BCUT2D eigenvalue weighted by Gasteiger charge is -2.32. The van der Waals surface area contributed by atoms with Crippen LogP contribution in [0.1, 0.15) is 25.7 Å². The molecule has 1 aromatic carbocycles. The van der Waals surface area contributed by atoms with Crippen LogP contribution < -0.4 is 5.32 Å². The lowest BCUT2D eigenvalue weighted by molar-refractivity contribution is 0.336. The van der Waals surface area contributed by atoms with Gasteiger partial charge in [-0.3, -0.25) is 4.99 Å². The second-order valence-corrected chi connectivity index (χ2v) is 7.15. The van der Waals surface area contributed by atoms with Crippen LogP contribution in [0.25, 0.3) is 0 Å². The van der Waals surface area contributed by atoms with Gasteiger partial charge < -0.3 is 5.32 Å². The van der Waals surface area contributed by atoms with E-state index in [0.29, 0.717) is 21.6 Å². The molecule has 1 saturated carbocycles. The molecule has 6 heteroatoms. The summed E-state index contributed by atoms with van der Waals surface area (Å²) in [6, 6.07) is 2.82.